The molecule has 4 nitrogen and oxygen atoms in total. The molecular weight excluding hydrogens is 208 g/mol. The number of ether oxygens (including phenoxy) is 3. The molecule has 0 amide bonds. The molecule has 0 fully saturated rings. The van der Waals surface area contributed by atoms with Crippen LogP contribution in [-0.4, -0.2) is 32.7 Å². The fourth-order valence-corrected chi connectivity index (χ4v) is 1.59. The zero-order valence-corrected chi connectivity index (χ0v) is 10.1. The van der Waals surface area contributed by atoms with E-state index in [4.69, 9.17) is 14.2 Å². The van der Waals surface area contributed by atoms with E-state index in [1.165, 1.54) is 14.2 Å². The van der Waals surface area contributed by atoms with Crippen molar-refractivity contribution < 1.29 is 19.3 Å². The molecule has 0 bridgehead atoms. The molecule has 90 valence electrons. The summed E-state index contributed by atoms with van der Waals surface area (Å²) in [6.07, 6.45) is -1.57. The van der Waals surface area contributed by atoms with E-state index in [1.807, 2.05) is 25.1 Å². The van der Waals surface area contributed by atoms with Crippen molar-refractivity contribution in [2.24, 2.45) is 0 Å². The second-order valence-electron chi connectivity index (χ2n) is 3.53. The van der Waals surface area contributed by atoms with Crippen molar-refractivity contribution in [1.29, 1.82) is 0 Å². The first kappa shape index (κ1) is 13.0. The van der Waals surface area contributed by atoms with Crippen molar-refractivity contribution in [3.63, 3.8) is 0 Å². The van der Waals surface area contributed by atoms with Crippen molar-refractivity contribution in [3.8, 4) is 5.75 Å². The number of hydrogen-bond donors (Lipinski definition) is 1. The van der Waals surface area contributed by atoms with Crippen LogP contribution in [0.25, 0.3) is 0 Å². The molecule has 0 saturated carbocycles. The van der Waals surface area contributed by atoms with Gasteiger partial charge in [-0.2, -0.15) is 0 Å². The number of aryl methyl sites for hydroxylation is 1. The van der Waals surface area contributed by atoms with Crippen molar-refractivity contribution in [3.05, 3.63) is 29.3 Å². The molecular formula is C12H18O4. The summed E-state index contributed by atoms with van der Waals surface area (Å²) in [5.41, 5.74) is 1.71. The maximum Gasteiger partial charge on any atom is 0.187 e. The number of hydrogen-bond acceptors (Lipinski definition) is 4. The third-order valence-electron chi connectivity index (χ3n) is 2.43. The molecule has 0 aliphatic rings. The SMILES string of the molecule is COc1ccc(C)cc1C(O)C(OC)OC. The predicted octanol–water partition coefficient (Wildman–Crippen LogP) is 1.66. The van der Waals surface area contributed by atoms with Crippen LogP contribution in [0, 0.1) is 6.92 Å². The van der Waals surface area contributed by atoms with Gasteiger partial charge in [-0.1, -0.05) is 11.6 Å². The van der Waals surface area contributed by atoms with Gasteiger partial charge in [0.15, 0.2) is 6.29 Å². The molecule has 0 aliphatic carbocycles. The molecule has 16 heavy (non-hydrogen) atoms. The molecule has 0 radical (unpaired) electrons. The highest BCUT2D eigenvalue weighted by atomic mass is 16.7. The summed E-state index contributed by atoms with van der Waals surface area (Å²) < 4.78 is 15.2. The maximum absolute atomic E-state index is 10.1. The van der Waals surface area contributed by atoms with Gasteiger partial charge >= 0.3 is 0 Å². The molecule has 0 aliphatic heterocycles. The molecule has 1 N–H and O–H groups in total. The number of aliphatic hydroxyl groups excluding tert-OH is 1. The first-order valence-electron chi connectivity index (χ1n) is 5.02. The normalized spacial score (nSPS) is 12.9. The lowest BCUT2D eigenvalue weighted by molar-refractivity contribution is -0.166. The smallest absolute Gasteiger partial charge is 0.187 e. The Morgan fingerprint density at radius 3 is 2.25 bits per heavy atom. The van der Waals surface area contributed by atoms with Gasteiger partial charge in [-0.25, -0.2) is 0 Å². The fourth-order valence-electron chi connectivity index (χ4n) is 1.59. The molecule has 0 spiro atoms. The summed E-state index contributed by atoms with van der Waals surface area (Å²) in [5.74, 6) is 0.622. The molecule has 0 heterocycles. The van der Waals surface area contributed by atoms with Crippen LogP contribution in [0.15, 0.2) is 18.2 Å². The van der Waals surface area contributed by atoms with Gasteiger partial charge in [0, 0.05) is 19.8 Å². The summed E-state index contributed by atoms with van der Waals surface area (Å²) in [6.45, 7) is 1.95. The van der Waals surface area contributed by atoms with Crippen LogP contribution in [-0.2, 0) is 9.47 Å². The first-order valence-corrected chi connectivity index (χ1v) is 5.02. The average Bonchev–Trinajstić information content (AvgIpc) is 2.30. The van der Waals surface area contributed by atoms with Gasteiger partial charge in [0.05, 0.1) is 7.11 Å². The highest BCUT2D eigenvalue weighted by Gasteiger charge is 2.23. The van der Waals surface area contributed by atoms with Crippen molar-refractivity contribution in [2.45, 2.75) is 19.3 Å². The fraction of sp³-hybridized carbons (Fsp3) is 0.500. The predicted molar refractivity (Wildman–Crippen MR) is 60.5 cm³/mol. The van der Waals surface area contributed by atoms with E-state index in [9.17, 15) is 5.11 Å². The number of benzene rings is 1. The van der Waals surface area contributed by atoms with Crippen LogP contribution in [0.5, 0.6) is 5.75 Å². The van der Waals surface area contributed by atoms with E-state index in [-0.39, 0.29) is 0 Å². The molecule has 1 aromatic rings. The molecule has 1 atom stereocenters. The Hall–Kier alpha value is -1.10. The van der Waals surface area contributed by atoms with E-state index >= 15 is 0 Å². The Labute approximate surface area is 95.8 Å². The van der Waals surface area contributed by atoms with Crippen LogP contribution in [0.4, 0.5) is 0 Å². The number of rotatable bonds is 5. The Kier molecular flexibility index (Phi) is 4.73. The molecule has 1 aromatic carbocycles. The molecule has 1 rings (SSSR count). The van der Waals surface area contributed by atoms with Crippen LogP contribution in [0.3, 0.4) is 0 Å². The highest BCUT2D eigenvalue weighted by Crippen LogP contribution is 2.29. The second kappa shape index (κ2) is 5.84. The second-order valence-corrected chi connectivity index (χ2v) is 3.53. The van der Waals surface area contributed by atoms with Crippen LogP contribution < -0.4 is 4.74 Å². The Balaban J connectivity index is 3.04. The van der Waals surface area contributed by atoms with E-state index in [2.05, 4.69) is 0 Å². The largest absolute Gasteiger partial charge is 0.496 e. The summed E-state index contributed by atoms with van der Waals surface area (Å²) >= 11 is 0. The topological polar surface area (TPSA) is 47.9 Å². The van der Waals surface area contributed by atoms with E-state index < -0.39 is 12.4 Å². The Morgan fingerprint density at radius 2 is 1.75 bits per heavy atom. The summed E-state index contributed by atoms with van der Waals surface area (Å²) in [6, 6.07) is 5.59. The lowest BCUT2D eigenvalue weighted by Gasteiger charge is -2.22. The van der Waals surface area contributed by atoms with Gasteiger partial charge < -0.3 is 19.3 Å². The lowest BCUT2D eigenvalue weighted by Crippen LogP contribution is -2.23. The number of aliphatic hydroxyl groups is 1. The van der Waals surface area contributed by atoms with E-state index in [1.54, 1.807) is 7.11 Å². The molecule has 1 unspecified atom stereocenters. The van der Waals surface area contributed by atoms with Gasteiger partial charge in [0.2, 0.25) is 0 Å². The van der Waals surface area contributed by atoms with Gasteiger partial charge in [0.1, 0.15) is 11.9 Å². The molecule has 0 aromatic heterocycles. The number of methoxy groups -OCH3 is 3. The average molecular weight is 226 g/mol. The van der Waals surface area contributed by atoms with Gasteiger partial charge in [-0.3, -0.25) is 0 Å². The monoisotopic (exact) mass is 226 g/mol. The van der Waals surface area contributed by atoms with Crippen molar-refractivity contribution >= 4 is 0 Å². The minimum atomic E-state index is -0.871. The third-order valence-corrected chi connectivity index (χ3v) is 2.43. The maximum atomic E-state index is 10.1. The Bertz CT molecular complexity index is 334. The van der Waals surface area contributed by atoms with Crippen LogP contribution >= 0.6 is 0 Å². The lowest BCUT2D eigenvalue weighted by atomic mass is 10.0. The van der Waals surface area contributed by atoms with Crippen LogP contribution in [0.1, 0.15) is 17.2 Å². The summed E-state index contributed by atoms with van der Waals surface area (Å²) in [7, 11) is 4.54. The zero-order valence-electron chi connectivity index (χ0n) is 10.1. The van der Waals surface area contributed by atoms with Gasteiger partial charge in [-0.15, -0.1) is 0 Å². The standard InChI is InChI=1S/C12H18O4/c1-8-5-6-10(14-2)9(7-8)11(13)12(15-3)16-4/h5-7,11-13H,1-4H3. The van der Waals surface area contributed by atoms with Crippen molar-refractivity contribution in [2.75, 3.05) is 21.3 Å². The third kappa shape index (κ3) is 2.72. The van der Waals surface area contributed by atoms with E-state index in [0.29, 0.717) is 11.3 Å². The van der Waals surface area contributed by atoms with E-state index in [0.717, 1.165) is 5.56 Å². The van der Waals surface area contributed by atoms with Gasteiger partial charge in [0.25, 0.3) is 0 Å². The quantitative estimate of drug-likeness (QED) is 0.776. The van der Waals surface area contributed by atoms with Gasteiger partial charge in [-0.05, 0) is 19.1 Å². The molecule has 0 saturated heterocycles. The summed E-state index contributed by atoms with van der Waals surface area (Å²) in [5, 5.41) is 10.1. The molecule has 4 heteroatoms. The minimum Gasteiger partial charge on any atom is -0.496 e. The first-order chi connectivity index (χ1) is 7.63. The van der Waals surface area contributed by atoms with Crippen molar-refractivity contribution in [1.82, 2.24) is 0 Å². The summed E-state index contributed by atoms with van der Waals surface area (Å²) in [4.78, 5) is 0. The Morgan fingerprint density at radius 1 is 1.12 bits per heavy atom. The minimum absolute atomic E-state index is 0.622. The highest BCUT2D eigenvalue weighted by molar-refractivity contribution is 5.38. The van der Waals surface area contributed by atoms with Crippen LogP contribution in [0.2, 0.25) is 0 Å². The zero-order chi connectivity index (χ0) is 12.1.